The Bertz CT molecular complexity index is 331. The van der Waals surface area contributed by atoms with E-state index in [-0.39, 0.29) is 6.54 Å². The van der Waals surface area contributed by atoms with E-state index in [9.17, 15) is 14.0 Å². The maximum atomic E-state index is 12.7. The van der Waals surface area contributed by atoms with Crippen molar-refractivity contribution in [3.05, 3.63) is 25.1 Å². The lowest BCUT2D eigenvalue weighted by atomic mass is 10.2. The van der Waals surface area contributed by atoms with E-state index in [4.69, 9.17) is 4.74 Å². The van der Waals surface area contributed by atoms with Gasteiger partial charge in [0.1, 0.15) is 5.60 Å². The first-order chi connectivity index (χ1) is 7.69. The second kappa shape index (κ2) is 6.18. The van der Waals surface area contributed by atoms with Crippen LogP contribution in [0.2, 0.25) is 0 Å². The molecule has 0 aromatic rings. The van der Waals surface area contributed by atoms with Crippen LogP contribution in [-0.2, 0) is 9.53 Å². The molecule has 0 saturated carbocycles. The molecule has 4 nitrogen and oxygen atoms in total. The van der Waals surface area contributed by atoms with Crippen molar-refractivity contribution in [1.29, 1.82) is 0 Å². The van der Waals surface area contributed by atoms with Crippen LogP contribution in [-0.4, -0.2) is 29.0 Å². The first-order valence-corrected chi connectivity index (χ1v) is 5.19. The highest BCUT2D eigenvalue weighted by molar-refractivity contribution is 6.00. The van der Waals surface area contributed by atoms with Crippen molar-refractivity contribution < 1.29 is 18.7 Å². The number of hydrogen-bond donors (Lipinski definition) is 0. The summed E-state index contributed by atoms with van der Waals surface area (Å²) in [5, 5.41) is 0. The molecule has 0 bridgehead atoms. The lowest BCUT2D eigenvalue weighted by Gasteiger charge is -2.25. The maximum absolute atomic E-state index is 12.7. The van der Waals surface area contributed by atoms with Gasteiger partial charge in [-0.25, -0.2) is 14.1 Å². The predicted octanol–water partition coefficient (Wildman–Crippen LogP) is 2.81. The SMILES string of the molecule is C=CCCN(C(=O)OC(C)(C)C)C(=O)C(=C)F. The van der Waals surface area contributed by atoms with Crippen LogP contribution in [0.1, 0.15) is 27.2 Å². The van der Waals surface area contributed by atoms with Gasteiger partial charge in [-0.15, -0.1) is 6.58 Å². The molecule has 2 amide bonds. The number of halogens is 1. The van der Waals surface area contributed by atoms with Crippen LogP contribution in [0, 0.1) is 0 Å². The summed E-state index contributed by atoms with van der Waals surface area (Å²) in [6, 6.07) is 0. The molecule has 0 atom stereocenters. The fourth-order valence-electron chi connectivity index (χ4n) is 0.960. The fraction of sp³-hybridized carbons (Fsp3) is 0.500. The smallest absolute Gasteiger partial charge is 0.417 e. The molecule has 0 aromatic carbocycles. The third-order valence-corrected chi connectivity index (χ3v) is 1.65. The van der Waals surface area contributed by atoms with Gasteiger partial charge < -0.3 is 4.74 Å². The zero-order valence-corrected chi connectivity index (χ0v) is 10.5. The predicted molar refractivity (Wildman–Crippen MR) is 63.0 cm³/mol. The second-order valence-corrected chi connectivity index (χ2v) is 4.42. The van der Waals surface area contributed by atoms with Crippen LogP contribution >= 0.6 is 0 Å². The zero-order valence-electron chi connectivity index (χ0n) is 10.5. The summed E-state index contributed by atoms with van der Waals surface area (Å²) in [6.07, 6.45) is 0.993. The van der Waals surface area contributed by atoms with E-state index in [2.05, 4.69) is 13.2 Å². The molecule has 0 heterocycles. The van der Waals surface area contributed by atoms with Crippen LogP contribution in [0.3, 0.4) is 0 Å². The lowest BCUT2D eigenvalue weighted by molar-refractivity contribution is -0.127. The first-order valence-electron chi connectivity index (χ1n) is 5.19. The number of imide groups is 1. The number of hydrogen-bond acceptors (Lipinski definition) is 3. The van der Waals surface area contributed by atoms with Crippen molar-refractivity contribution in [3.63, 3.8) is 0 Å². The number of nitrogens with zero attached hydrogens (tertiary/aromatic N) is 1. The van der Waals surface area contributed by atoms with E-state index in [0.29, 0.717) is 11.3 Å². The van der Waals surface area contributed by atoms with E-state index >= 15 is 0 Å². The minimum atomic E-state index is -1.19. The molecule has 0 unspecified atom stereocenters. The Kier molecular flexibility index (Phi) is 5.58. The molecule has 0 fully saturated rings. The summed E-state index contributed by atoms with van der Waals surface area (Å²) < 4.78 is 17.7. The molecule has 0 saturated heterocycles. The molecular formula is C12H18FNO3. The van der Waals surface area contributed by atoms with Gasteiger partial charge in [0.2, 0.25) is 0 Å². The van der Waals surface area contributed by atoms with Gasteiger partial charge in [0, 0.05) is 6.54 Å². The largest absolute Gasteiger partial charge is 0.443 e. The van der Waals surface area contributed by atoms with E-state index in [1.807, 2.05) is 0 Å². The van der Waals surface area contributed by atoms with Gasteiger partial charge in [-0.2, -0.15) is 0 Å². The van der Waals surface area contributed by atoms with Crippen LogP contribution < -0.4 is 0 Å². The molecule has 0 aliphatic rings. The molecule has 0 radical (unpaired) electrons. The Morgan fingerprint density at radius 2 is 1.94 bits per heavy atom. The summed E-state index contributed by atoms with van der Waals surface area (Å²) in [6.45, 7) is 11.3. The summed E-state index contributed by atoms with van der Waals surface area (Å²) in [4.78, 5) is 23.7. The summed E-state index contributed by atoms with van der Waals surface area (Å²) in [5.41, 5.74) is -0.749. The Balaban J connectivity index is 4.79. The molecule has 0 spiro atoms. The summed E-state index contributed by atoms with van der Waals surface area (Å²) in [7, 11) is 0. The second-order valence-electron chi connectivity index (χ2n) is 4.42. The van der Waals surface area contributed by atoms with Crippen LogP contribution in [0.4, 0.5) is 9.18 Å². The van der Waals surface area contributed by atoms with Crippen molar-refractivity contribution in [2.75, 3.05) is 6.54 Å². The van der Waals surface area contributed by atoms with Gasteiger partial charge >= 0.3 is 6.09 Å². The van der Waals surface area contributed by atoms with Gasteiger partial charge in [0.15, 0.2) is 5.83 Å². The van der Waals surface area contributed by atoms with Crippen molar-refractivity contribution in [1.82, 2.24) is 4.90 Å². The molecule has 17 heavy (non-hydrogen) atoms. The molecular weight excluding hydrogens is 225 g/mol. The molecule has 0 N–H and O–H groups in total. The molecule has 0 aliphatic carbocycles. The Hall–Kier alpha value is -1.65. The highest BCUT2D eigenvalue weighted by Gasteiger charge is 2.28. The van der Waals surface area contributed by atoms with Crippen molar-refractivity contribution >= 4 is 12.0 Å². The Labute approximate surface area is 101 Å². The number of carbonyl (C=O) groups excluding carboxylic acids is 2. The van der Waals surface area contributed by atoms with Gasteiger partial charge in [0.25, 0.3) is 5.91 Å². The minimum Gasteiger partial charge on any atom is -0.443 e. The molecule has 0 aromatic heterocycles. The van der Waals surface area contributed by atoms with E-state index in [0.717, 1.165) is 0 Å². The first kappa shape index (κ1) is 15.3. The number of rotatable bonds is 4. The zero-order chi connectivity index (χ0) is 13.6. The average Bonchev–Trinajstić information content (AvgIpc) is 2.15. The Morgan fingerprint density at radius 1 is 1.41 bits per heavy atom. The quantitative estimate of drug-likeness (QED) is 0.563. The third-order valence-electron chi connectivity index (χ3n) is 1.65. The molecule has 5 heteroatoms. The summed E-state index contributed by atoms with van der Waals surface area (Å²) >= 11 is 0. The van der Waals surface area contributed by atoms with Crippen LogP contribution in [0.5, 0.6) is 0 Å². The summed E-state index contributed by atoms with van der Waals surface area (Å²) in [5.74, 6) is -2.28. The average molecular weight is 243 g/mol. The monoisotopic (exact) mass is 243 g/mol. The van der Waals surface area contributed by atoms with E-state index < -0.39 is 23.4 Å². The fourth-order valence-corrected chi connectivity index (χ4v) is 0.960. The number of ether oxygens (including phenoxy) is 1. The molecule has 0 rings (SSSR count). The van der Waals surface area contributed by atoms with Crippen LogP contribution in [0.15, 0.2) is 25.1 Å². The number of carbonyl (C=O) groups is 2. The molecule has 96 valence electrons. The molecule has 0 aliphatic heterocycles. The highest BCUT2D eigenvalue weighted by atomic mass is 19.1. The Morgan fingerprint density at radius 3 is 2.29 bits per heavy atom. The van der Waals surface area contributed by atoms with E-state index in [1.54, 1.807) is 20.8 Å². The van der Waals surface area contributed by atoms with Gasteiger partial charge in [-0.3, -0.25) is 4.79 Å². The third kappa shape index (κ3) is 5.85. The van der Waals surface area contributed by atoms with Crippen molar-refractivity contribution in [2.24, 2.45) is 0 Å². The minimum absolute atomic E-state index is 0.0141. The van der Waals surface area contributed by atoms with Gasteiger partial charge in [-0.1, -0.05) is 12.7 Å². The van der Waals surface area contributed by atoms with Crippen LogP contribution in [0.25, 0.3) is 0 Å². The lowest BCUT2D eigenvalue weighted by Crippen LogP contribution is -2.41. The standard InChI is InChI=1S/C12H18FNO3/c1-6-7-8-14(10(15)9(2)13)11(16)17-12(3,4)5/h6H,1-2,7-8H2,3-5H3. The van der Waals surface area contributed by atoms with E-state index in [1.165, 1.54) is 6.08 Å². The maximum Gasteiger partial charge on any atom is 0.417 e. The topological polar surface area (TPSA) is 46.6 Å². The van der Waals surface area contributed by atoms with Gasteiger partial charge in [0.05, 0.1) is 0 Å². The number of amides is 2. The van der Waals surface area contributed by atoms with Crippen molar-refractivity contribution in [3.8, 4) is 0 Å². The highest BCUT2D eigenvalue weighted by Crippen LogP contribution is 2.12. The van der Waals surface area contributed by atoms with Crippen molar-refractivity contribution in [2.45, 2.75) is 32.8 Å². The normalized spacial score (nSPS) is 10.6. The van der Waals surface area contributed by atoms with Gasteiger partial charge in [-0.05, 0) is 27.2 Å².